The largest absolute Gasteiger partial charge is 0.489 e. The van der Waals surface area contributed by atoms with Gasteiger partial charge in [0.15, 0.2) is 0 Å². The van der Waals surface area contributed by atoms with E-state index in [1.807, 2.05) is 0 Å². The number of allylic oxidation sites excluding steroid dienone is 1. The van der Waals surface area contributed by atoms with Crippen LogP contribution in [0, 0.1) is 0 Å². The van der Waals surface area contributed by atoms with Crippen molar-refractivity contribution in [2.45, 2.75) is 76.8 Å². The van der Waals surface area contributed by atoms with E-state index in [1.165, 1.54) is 10.8 Å². The third kappa shape index (κ3) is 4.99. The molecule has 3 rings (SSSR count). The molecule has 30 heavy (non-hydrogen) atoms. The zero-order chi connectivity index (χ0) is 22.0. The molecule has 1 aliphatic rings. The van der Waals surface area contributed by atoms with Gasteiger partial charge in [-0.25, -0.2) is 0 Å². The molecular weight excluding hydrogens is 383 g/mol. The molecule has 0 amide bonds. The first kappa shape index (κ1) is 23.1. The molecular formula is C26H37BO2Si. The second-order valence-corrected chi connectivity index (χ2v) is 15.1. The first-order valence-electron chi connectivity index (χ1n) is 11.2. The van der Waals surface area contributed by atoms with Gasteiger partial charge >= 0.3 is 7.12 Å². The molecule has 4 heteroatoms. The SMILES string of the molecule is C=C(C[C@H](CCc1ccccc1)[Si](C)(C)c1ccccc1)B1OC(C)(C)C(C)(C)O1. The summed E-state index contributed by atoms with van der Waals surface area (Å²) < 4.78 is 12.6. The van der Waals surface area contributed by atoms with Crippen molar-refractivity contribution in [1.29, 1.82) is 0 Å². The molecule has 0 bridgehead atoms. The normalized spacial score (nSPS) is 18.9. The van der Waals surface area contributed by atoms with Gasteiger partial charge in [-0.3, -0.25) is 0 Å². The van der Waals surface area contributed by atoms with Gasteiger partial charge in [-0.2, -0.15) is 0 Å². The molecule has 0 spiro atoms. The Kier molecular flexibility index (Phi) is 6.81. The maximum absolute atomic E-state index is 6.30. The number of aryl methyl sites for hydroxylation is 1. The topological polar surface area (TPSA) is 18.5 Å². The molecule has 0 saturated carbocycles. The second-order valence-electron chi connectivity index (χ2n) is 10.3. The highest BCUT2D eigenvalue weighted by Crippen LogP contribution is 2.41. The van der Waals surface area contributed by atoms with Crippen LogP contribution in [0.5, 0.6) is 0 Å². The van der Waals surface area contributed by atoms with E-state index in [1.54, 1.807) is 0 Å². The van der Waals surface area contributed by atoms with E-state index >= 15 is 0 Å². The van der Waals surface area contributed by atoms with E-state index in [-0.39, 0.29) is 18.3 Å². The van der Waals surface area contributed by atoms with Crippen molar-refractivity contribution in [3.05, 3.63) is 78.3 Å². The molecule has 0 aromatic heterocycles. The van der Waals surface area contributed by atoms with Gasteiger partial charge < -0.3 is 9.31 Å². The van der Waals surface area contributed by atoms with Crippen LogP contribution in [0.25, 0.3) is 0 Å². The molecule has 0 N–H and O–H groups in total. The van der Waals surface area contributed by atoms with Crippen LogP contribution in [0.3, 0.4) is 0 Å². The highest BCUT2D eigenvalue weighted by molar-refractivity contribution is 6.91. The summed E-state index contributed by atoms with van der Waals surface area (Å²) >= 11 is 0. The van der Waals surface area contributed by atoms with Crippen molar-refractivity contribution in [3.8, 4) is 0 Å². The van der Waals surface area contributed by atoms with Gasteiger partial charge in [0.2, 0.25) is 0 Å². The predicted molar refractivity (Wildman–Crippen MR) is 132 cm³/mol. The summed E-state index contributed by atoms with van der Waals surface area (Å²) in [5, 5.41) is 1.50. The van der Waals surface area contributed by atoms with Crippen LogP contribution < -0.4 is 5.19 Å². The summed E-state index contributed by atoms with van der Waals surface area (Å²) in [5.41, 5.74) is 2.38. The fourth-order valence-electron chi connectivity index (χ4n) is 4.23. The first-order valence-corrected chi connectivity index (χ1v) is 14.2. The molecule has 1 aliphatic heterocycles. The van der Waals surface area contributed by atoms with Crippen molar-refractivity contribution in [1.82, 2.24) is 0 Å². The number of hydrogen-bond donors (Lipinski definition) is 0. The monoisotopic (exact) mass is 420 g/mol. The van der Waals surface area contributed by atoms with Crippen LogP contribution in [0.1, 0.15) is 46.1 Å². The Bertz CT molecular complexity index is 830. The average molecular weight is 420 g/mol. The highest BCUT2D eigenvalue weighted by atomic mass is 28.3. The van der Waals surface area contributed by atoms with Crippen LogP contribution in [0.4, 0.5) is 0 Å². The summed E-state index contributed by atoms with van der Waals surface area (Å²) in [5.74, 6) is 0. The van der Waals surface area contributed by atoms with Gasteiger partial charge in [0.1, 0.15) is 0 Å². The molecule has 160 valence electrons. The Morgan fingerprint density at radius 1 is 0.900 bits per heavy atom. The predicted octanol–water partition coefficient (Wildman–Crippen LogP) is 6.18. The molecule has 2 nitrogen and oxygen atoms in total. The van der Waals surface area contributed by atoms with E-state index in [0.717, 1.165) is 24.7 Å². The zero-order valence-corrected chi connectivity index (χ0v) is 20.6. The van der Waals surface area contributed by atoms with E-state index in [9.17, 15) is 0 Å². The van der Waals surface area contributed by atoms with Gasteiger partial charge in [0.25, 0.3) is 0 Å². The lowest BCUT2D eigenvalue weighted by atomic mass is 9.76. The van der Waals surface area contributed by atoms with Gasteiger partial charge in [-0.05, 0) is 63.5 Å². The van der Waals surface area contributed by atoms with Crippen molar-refractivity contribution in [3.63, 3.8) is 0 Å². The summed E-state index contributed by atoms with van der Waals surface area (Å²) in [6.45, 7) is 17.9. The van der Waals surface area contributed by atoms with Gasteiger partial charge in [0, 0.05) is 0 Å². The Hall–Kier alpha value is -1.62. The van der Waals surface area contributed by atoms with Crippen LogP contribution in [-0.4, -0.2) is 26.4 Å². The van der Waals surface area contributed by atoms with Gasteiger partial charge in [0.05, 0.1) is 19.3 Å². The fraction of sp³-hybridized carbons (Fsp3) is 0.462. The molecule has 1 heterocycles. The quantitative estimate of drug-likeness (QED) is 0.475. The summed E-state index contributed by atoms with van der Waals surface area (Å²) in [6.07, 6.45) is 3.18. The van der Waals surface area contributed by atoms with Crippen LogP contribution in [0.15, 0.2) is 72.7 Å². The lowest BCUT2D eigenvalue weighted by Crippen LogP contribution is -2.46. The molecule has 2 aromatic carbocycles. The van der Waals surface area contributed by atoms with E-state index < -0.39 is 8.07 Å². The number of hydrogen-bond acceptors (Lipinski definition) is 2. The lowest BCUT2D eigenvalue weighted by molar-refractivity contribution is 0.00578. The van der Waals surface area contributed by atoms with Gasteiger partial charge in [-0.1, -0.05) is 78.9 Å². The molecule has 1 saturated heterocycles. The van der Waals surface area contributed by atoms with E-state index in [0.29, 0.717) is 5.54 Å². The summed E-state index contributed by atoms with van der Waals surface area (Å²) in [6, 6.07) is 21.9. The second kappa shape index (κ2) is 8.86. The van der Waals surface area contributed by atoms with Gasteiger partial charge in [-0.15, -0.1) is 6.58 Å². The van der Waals surface area contributed by atoms with Crippen LogP contribution >= 0.6 is 0 Å². The highest BCUT2D eigenvalue weighted by Gasteiger charge is 2.52. The standard InChI is InChI=1S/C26H37BO2Si/c1-21(27-28-25(2,3)26(4,5)29-27)20-24(19-18-22-14-10-8-11-15-22)30(6,7)23-16-12-9-13-17-23/h8-17,24H,1,18-20H2,2-7H3/t24-/m0/s1. The Balaban J connectivity index is 1.79. The lowest BCUT2D eigenvalue weighted by Gasteiger charge is -2.34. The van der Waals surface area contributed by atoms with Crippen molar-refractivity contribution >= 4 is 20.4 Å². The van der Waals surface area contributed by atoms with E-state index in [2.05, 4.69) is 108 Å². The molecule has 0 radical (unpaired) electrons. The van der Waals surface area contributed by atoms with Crippen molar-refractivity contribution < 1.29 is 9.31 Å². The van der Waals surface area contributed by atoms with Crippen molar-refractivity contribution in [2.75, 3.05) is 0 Å². The maximum atomic E-state index is 6.30. The first-order chi connectivity index (χ1) is 14.0. The minimum atomic E-state index is -1.72. The molecule has 2 aromatic rings. The Labute approximate surface area is 184 Å². The fourth-order valence-corrected chi connectivity index (χ4v) is 7.39. The molecule has 1 fully saturated rings. The van der Waals surface area contributed by atoms with Crippen molar-refractivity contribution in [2.24, 2.45) is 0 Å². The average Bonchev–Trinajstić information content (AvgIpc) is 2.93. The molecule has 0 aliphatic carbocycles. The molecule has 1 atom stereocenters. The third-order valence-corrected chi connectivity index (χ3v) is 11.6. The smallest absolute Gasteiger partial charge is 0.400 e. The Morgan fingerprint density at radius 2 is 1.40 bits per heavy atom. The minimum absolute atomic E-state index is 0.324. The molecule has 0 unspecified atom stereocenters. The third-order valence-electron chi connectivity index (χ3n) is 7.26. The number of benzene rings is 2. The zero-order valence-electron chi connectivity index (χ0n) is 19.6. The number of rotatable bonds is 8. The van der Waals surface area contributed by atoms with Crippen LogP contribution in [0.2, 0.25) is 18.6 Å². The summed E-state index contributed by atoms with van der Waals surface area (Å²) in [7, 11) is -2.04. The Morgan fingerprint density at radius 3 is 1.93 bits per heavy atom. The van der Waals surface area contributed by atoms with Crippen LogP contribution in [-0.2, 0) is 15.7 Å². The van der Waals surface area contributed by atoms with E-state index in [4.69, 9.17) is 9.31 Å². The minimum Gasteiger partial charge on any atom is -0.400 e. The maximum Gasteiger partial charge on any atom is 0.489 e. The summed E-state index contributed by atoms with van der Waals surface area (Å²) in [4.78, 5) is 0.